The molecule has 0 spiro atoms. The molecule has 2 aromatic rings. The van der Waals surface area contributed by atoms with Crippen molar-refractivity contribution in [3.8, 4) is 5.75 Å². The van der Waals surface area contributed by atoms with Gasteiger partial charge < -0.3 is 15.2 Å². The number of aromatic carboxylic acids is 1. The highest BCUT2D eigenvalue weighted by Gasteiger charge is 2.18. The summed E-state index contributed by atoms with van der Waals surface area (Å²) in [5.41, 5.74) is 0.0955. The van der Waals surface area contributed by atoms with Gasteiger partial charge in [0.05, 0.1) is 11.3 Å². The van der Waals surface area contributed by atoms with Gasteiger partial charge in [-0.1, -0.05) is 29.8 Å². The van der Waals surface area contributed by atoms with Crippen molar-refractivity contribution >= 4 is 29.2 Å². The van der Waals surface area contributed by atoms with Crippen LogP contribution in [0.4, 0.5) is 5.69 Å². The number of ether oxygens (including phenoxy) is 1. The van der Waals surface area contributed by atoms with E-state index in [2.05, 4.69) is 5.32 Å². The molecule has 0 saturated heterocycles. The molecule has 0 heterocycles. The molecule has 0 fully saturated rings. The molecule has 0 aliphatic rings. The first kappa shape index (κ1) is 15.9. The first-order valence-electron chi connectivity index (χ1n) is 6.53. The van der Waals surface area contributed by atoms with Crippen molar-refractivity contribution in [2.75, 3.05) is 5.32 Å². The maximum absolute atomic E-state index is 12.1. The minimum atomic E-state index is -1.15. The Bertz CT molecular complexity index is 688. The highest BCUT2D eigenvalue weighted by atomic mass is 35.5. The third kappa shape index (κ3) is 3.99. The van der Waals surface area contributed by atoms with Crippen molar-refractivity contribution in [2.45, 2.75) is 13.0 Å². The van der Waals surface area contributed by atoms with E-state index in [-0.39, 0.29) is 11.3 Å². The van der Waals surface area contributed by atoms with Gasteiger partial charge in [0.25, 0.3) is 5.91 Å². The van der Waals surface area contributed by atoms with Crippen LogP contribution in [0.1, 0.15) is 17.3 Å². The maximum atomic E-state index is 12.1. The monoisotopic (exact) mass is 319 g/mol. The topological polar surface area (TPSA) is 75.6 Å². The summed E-state index contributed by atoms with van der Waals surface area (Å²) >= 11 is 5.84. The molecule has 0 unspecified atom stereocenters. The Morgan fingerprint density at radius 2 is 1.86 bits per heavy atom. The van der Waals surface area contributed by atoms with E-state index in [9.17, 15) is 9.59 Å². The Morgan fingerprint density at radius 3 is 2.50 bits per heavy atom. The molecule has 114 valence electrons. The van der Waals surface area contributed by atoms with E-state index in [4.69, 9.17) is 21.4 Å². The van der Waals surface area contributed by atoms with E-state index < -0.39 is 18.0 Å². The van der Waals surface area contributed by atoms with Crippen LogP contribution in [-0.2, 0) is 4.79 Å². The lowest BCUT2D eigenvalue weighted by molar-refractivity contribution is -0.122. The van der Waals surface area contributed by atoms with Crippen LogP contribution < -0.4 is 10.1 Å². The molecule has 0 aliphatic heterocycles. The van der Waals surface area contributed by atoms with Crippen molar-refractivity contribution in [3.63, 3.8) is 0 Å². The molecule has 0 aliphatic carbocycles. The van der Waals surface area contributed by atoms with Crippen molar-refractivity contribution in [1.82, 2.24) is 0 Å². The Kier molecular flexibility index (Phi) is 5.01. The fourth-order valence-electron chi connectivity index (χ4n) is 1.80. The summed E-state index contributed by atoms with van der Waals surface area (Å²) in [5, 5.41) is 12.0. The second kappa shape index (κ2) is 6.95. The zero-order chi connectivity index (χ0) is 16.1. The van der Waals surface area contributed by atoms with Crippen LogP contribution in [0.25, 0.3) is 0 Å². The number of para-hydroxylation sites is 1. The van der Waals surface area contributed by atoms with Crippen LogP contribution in [0.15, 0.2) is 48.5 Å². The standard InChI is InChI=1S/C16H14ClNO4/c1-10(22-12-5-3-2-4-6-12)15(19)18-14-9-11(17)7-8-13(14)16(20)21/h2-10H,1H3,(H,18,19)(H,20,21)/t10-/m0/s1. The molecule has 1 atom stereocenters. The lowest BCUT2D eigenvalue weighted by atomic mass is 10.1. The molecule has 1 amide bonds. The number of carbonyl (C=O) groups is 2. The van der Waals surface area contributed by atoms with E-state index in [1.807, 2.05) is 6.07 Å². The summed E-state index contributed by atoms with van der Waals surface area (Å²) in [7, 11) is 0. The molecule has 5 nitrogen and oxygen atoms in total. The Labute approximate surface area is 132 Å². The first-order chi connectivity index (χ1) is 10.5. The first-order valence-corrected chi connectivity index (χ1v) is 6.90. The van der Waals surface area contributed by atoms with E-state index in [1.54, 1.807) is 31.2 Å². The number of anilines is 1. The SMILES string of the molecule is C[C@H](Oc1ccccc1)C(=O)Nc1cc(Cl)ccc1C(=O)O. The molecule has 0 radical (unpaired) electrons. The number of halogens is 1. The highest BCUT2D eigenvalue weighted by molar-refractivity contribution is 6.31. The summed E-state index contributed by atoms with van der Waals surface area (Å²) in [6.07, 6.45) is -0.789. The van der Waals surface area contributed by atoms with Gasteiger partial charge >= 0.3 is 5.97 Å². The smallest absolute Gasteiger partial charge is 0.337 e. The summed E-state index contributed by atoms with van der Waals surface area (Å²) < 4.78 is 5.49. The summed E-state index contributed by atoms with van der Waals surface area (Å²) in [6.45, 7) is 1.58. The second-order valence-corrected chi connectivity index (χ2v) is 4.99. The van der Waals surface area contributed by atoms with Gasteiger partial charge in [0.15, 0.2) is 6.10 Å². The van der Waals surface area contributed by atoms with Gasteiger partial charge in [-0.15, -0.1) is 0 Å². The lowest BCUT2D eigenvalue weighted by Gasteiger charge is -2.15. The van der Waals surface area contributed by atoms with Crippen LogP contribution in [0.5, 0.6) is 5.75 Å². The van der Waals surface area contributed by atoms with E-state index in [0.717, 1.165) is 0 Å². The summed E-state index contributed by atoms with van der Waals surface area (Å²) in [6, 6.07) is 13.0. The van der Waals surface area contributed by atoms with Crippen molar-refractivity contribution in [3.05, 3.63) is 59.1 Å². The van der Waals surface area contributed by atoms with Crippen LogP contribution in [0, 0.1) is 0 Å². The van der Waals surface area contributed by atoms with Crippen molar-refractivity contribution < 1.29 is 19.4 Å². The number of carbonyl (C=O) groups excluding carboxylic acids is 1. The maximum Gasteiger partial charge on any atom is 0.337 e. The van der Waals surface area contributed by atoms with Crippen molar-refractivity contribution in [2.24, 2.45) is 0 Å². The van der Waals surface area contributed by atoms with Gasteiger partial charge in [-0.2, -0.15) is 0 Å². The molecule has 2 aromatic carbocycles. The van der Waals surface area contributed by atoms with Gasteiger partial charge in [0.2, 0.25) is 0 Å². The lowest BCUT2D eigenvalue weighted by Crippen LogP contribution is -2.30. The Hall–Kier alpha value is -2.53. The largest absolute Gasteiger partial charge is 0.481 e. The summed E-state index contributed by atoms with van der Waals surface area (Å²) in [4.78, 5) is 23.3. The predicted octanol–water partition coefficient (Wildman–Crippen LogP) is 3.44. The number of hydrogen-bond acceptors (Lipinski definition) is 3. The minimum absolute atomic E-state index is 0.0374. The van der Waals surface area contributed by atoms with E-state index in [1.165, 1.54) is 18.2 Å². The van der Waals surface area contributed by atoms with Gasteiger partial charge in [-0.25, -0.2) is 4.79 Å². The van der Waals surface area contributed by atoms with Crippen molar-refractivity contribution in [1.29, 1.82) is 0 Å². The molecular weight excluding hydrogens is 306 g/mol. The fourth-order valence-corrected chi connectivity index (χ4v) is 1.97. The number of carboxylic acids is 1. The minimum Gasteiger partial charge on any atom is -0.481 e. The average Bonchev–Trinajstić information content (AvgIpc) is 2.48. The molecule has 2 rings (SSSR count). The van der Waals surface area contributed by atoms with E-state index >= 15 is 0 Å². The fraction of sp³-hybridized carbons (Fsp3) is 0.125. The number of nitrogens with one attached hydrogen (secondary N) is 1. The highest BCUT2D eigenvalue weighted by Crippen LogP contribution is 2.22. The van der Waals surface area contributed by atoms with E-state index in [0.29, 0.717) is 10.8 Å². The molecule has 6 heteroatoms. The third-order valence-corrected chi connectivity index (χ3v) is 3.13. The molecule has 2 N–H and O–H groups in total. The van der Waals surface area contributed by atoms with Gasteiger partial charge in [0.1, 0.15) is 5.75 Å². The Balaban J connectivity index is 2.11. The second-order valence-electron chi connectivity index (χ2n) is 4.56. The predicted molar refractivity (Wildman–Crippen MR) is 83.6 cm³/mol. The zero-order valence-corrected chi connectivity index (χ0v) is 12.5. The Morgan fingerprint density at radius 1 is 1.18 bits per heavy atom. The van der Waals surface area contributed by atoms with Crippen LogP contribution >= 0.6 is 11.6 Å². The normalized spacial score (nSPS) is 11.5. The van der Waals surface area contributed by atoms with Crippen LogP contribution in [0.3, 0.4) is 0 Å². The molecule has 0 aromatic heterocycles. The van der Waals surface area contributed by atoms with Gasteiger partial charge in [-0.05, 0) is 37.3 Å². The molecule has 0 bridgehead atoms. The molecule has 0 saturated carbocycles. The quantitative estimate of drug-likeness (QED) is 0.885. The van der Waals surface area contributed by atoms with Gasteiger partial charge in [-0.3, -0.25) is 4.79 Å². The number of rotatable bonds is 5. The summed E-state index contributed by atoms with van der Waals surface area (Å²) in [5.74, 6) is -1.06. The average molecular weight is 320 g/mol. The number of amides is 1. The van der Waals surface area contributed by atoms with Crippen LogP contribution in [-0.4, -0.2) is 23.1 Å². The number of hydrogen-bond donors (Lipinski definition) is 2. The molecular formula is C16H14ClNO4. The third-order valence-electron chi connectivity index (χ3n) is 2.90. The number of benzene rings is 2. The van der Waals surface area contributed by atoms with Gasteiger partial charge in [0, 0.05) is 5.02 Å². The zero-order valence-electron chi connectivity index (χ0n) is 11.7. The van der Waals surface area contributed by atoms with Crippen LogP contribution in [0.2, 0.25) is 5.02 Å². The molecule has 22 heavy (non-hydrogen) atoms. The number of carboxylic acid groups (broad SMARTS) is 1.